The molecule has 0 spiro atoms. The van der Waals surface area contributed by atoms with Crippen molar-refractivity contribution >= 4 is 32.6 Å². The highest BCUT2D eigenvalue weighted by molar-refractivity contribution is 9.10. The molecular formula is C17H13BrN2O2. The lowest BCUT2D eigenvalue weighted by atomic mass is 10.1. The van der Waals surface area contributed by atoms with Gasteiger partial charge in [0.15, 0.2) is 0 Å². The van der Waals surface area contributed by atoms with E-state index in [0.717, 1.165) is 15.4 Å². The number of rotatable bonds is 3. The number of hydrogen-bond donors (Lipinski definition) is 2. The second-order valence-corrected chi connectivity index (χ2v) is 5.83. The van der Waals surface area contributed by atoms with E-state index in [0.29, 0.717) is 11.9 Å². The number of benzene rings is 2. The number of hydrogen-bond acceptors (Lipinski definition) is 2. The summed E-state index contributed by atoms with van der Waals surface area (Å²) in [6, 6.07) is 16.6. The Hall–Kier alpha value is -2.40. The zero-order valence-corrected chi connectivity index (χ0v) is 13.2. The number of aromatic amines is 1. The summed E-state index contributed by atoms with van der Waals surface area (Å²) in [6.07, 6.45) is 0. The van der Waals surface area contributed by atoms with E-state index in [4.69, 9.17) is 0 Å². The average Bonchev–Trinajstić information content (AvgIpc) is 2.52. The first-order valence-corrected chi connectivity index (χ1v) is 7.57. The lowest BCUT2D eigenvalue weighted by molar-refractivity contribution is 0.0946. The minimum absolute atomic E-state index is 0.259. The summed E-state index contributed by atoms with van der Waals surface area (Å²) in [7, 11) is 0. The molecule has 0 unspecified atom stereocenters. The van der Waals surface area contributed by atoms with Crippen LogP contribution in [0.5, 0.6) is 0 Å². The van der Waals surface area contributed by atoms with Gasteiger partial charge >= 0.3 is 0 Å². The van der Waals surface area contributed by atoms with Gasteiger partial charge in [-0.05, 0) is 35.2 Å². The van der Waals surface area contributed by atoms with Gasteiger partial charge in [0.1, 0.15) is 5.69 Å². The molecule has 0 radical (unpaired) electrons. The molecule has 2 aromatic carbocycles. The number of carbonyl (C=O) groups excluding carboxylic acids is 1. The molecule has 0 atom stereocenters. The first-order chi connectivity index (χ1) is 10.6. The van der Waals surface area contributed by atoms with E-state index in [1.807, 2.05) is 36.4 Å². The van der Waals surface area contributed by atoms with Crippen molar-refractivity contribution in [2.75, 3.05) is 0 Å². The molecule has 0 aliphatic carbocycles. The molecule has 1 heterocycles. The number of H-pyrrole nitrogens is 1. The summed E-state index contributed by atoms with van der Waals surface area (Å²) in [6.45, 7) is 0.396. The van der Waals surface area contributed by atoms with Crippen molar-refractivity contribution < 1.29 is 4.79 Å². The third-order valence-corrected chi connectivity index (χ3v) is 3.83. The second kappa shape index (κ2) is 6.15. The van der Waals surface area contributed by atoms with Crippen molar-refractivity contribution in [1.82, 2.24) is 10.3 Å². The fourth-order valence-electron chi connectivity index (χ4n) is 2.26. The van der Waals surface area contributed by atoms with Crippen molar-refractivity contribution in [3.8, 4) is 0 Å². The number of halogens is 1. The smallest absolute Gasteiger partial charge is 0.268 e. The van der Waals surface area contributed by atoms with Gasteiger partial charge in [0.25, 0.3) is 11.5 Å². The fraction of sp³-hybridized carbons (Fsp3) is 0.0588. The lowest BCUT2D eigenvalue weighted by Gasteiger charge is -2.07. The van der Waals surface area contributed by atoms with E-state index in [1.165, 1.54) is 0 Å². The van der Waals surface area contributed by atoms with E-state index in [9.17, 15) is 9.59 Å². The summed E-state index contributed by atoms with van der Waals surface area (Å²) in [5.41, 5.74) is 0.982. The molecule has 22 heavy (non-hydrogen) atoms. The van der Waals surface area contributed by atoms with Crippen LogP contribution in [0.4, 0.5) is 0 Å². The monoisotopic (exact) mass is 356 g/mol. The second-order valence-electron chi connectivity index (χ2n) is 4.91. The van der Waals surface area contributed by atoms with Gasteiger partial charge in [0.2, 0.25) is 0 Å². The van der Waals surface area contributed by atoms with Crippen molar-refractivity contribution in [2.45, 2.75) is 6.54 Å². The highest BCUT2D eigenvalue weighted by Crippen LogP contribution is 2.12. The van der Waals surface area contributed by atoms with E-state index in [2.05, 4.69) is 26.2 Å². The van der Waals surface area contributed by atoms with Crippen molar-refractivity contribution in [3.63, 3.8) is 0 Å². The summed E-state index contributed by atoms with van der Waals surface area (Å²) in [5, 5.41) is 4.13. The van der Waals surface area contributed by atoms with Crippen LogP contribution in [-0.2, 0) is 6.54 Å². The molecule has 1 aromatic heterocycles. The van der Waals surface area contributed by atoms with Crippen LogP contribution in [0.15, 0.2) is 63.9 Å². The number of nitrogens with one attached hydrogen (secondary N) is 2. The predicted octanol–water partition coefficient (Wildman–Crippen LogP) is 3.22. The maximum absolute atomic E-state index is 12.2. The molecule has 0 saturated carbocycles. The number of amides is 1. The van der Waals surface area contributed by atoms with E-state index in [1.54, 1.807) is 18.2 Å². The summed E-state index contributed by atoms with van der Waals surface area (Å²) in [5.74, 6) is -0.303. The first-order valence-electron chi connectivity index (χ1n) is 6.78. The van der Waals surface area contributed by atoms with Gasteiger partial charge in [-0.2, -0.15) is 0 Å². The van der Waals surface area contributed by atoms with Crippen LogP contribution in [0.3, 0.4) is 0 Å². The molecule has 0 bridgehead atoms. The Morgan fingerprint density at radius 1 is 1.09 bits per heavy atom. The van der Waals surface area contributed by atoms with Crippen LogP contribution in [0.25, 0.3) is 10.8 Å². The maximum atomic E-state index is 12.2. The highest BCUT2D eigenvalue weighted by Gasteiger charge is 2.09. The molecule has 5 heteroatoms. The lowest BCUT2D eigenvalue weighted by Crippen LogP contribution is -2.26. The largest absolute Gasteiger partial charge is 0.347 e. The Morgan fingerprint density at radius 3 is 2.73 bits per heavy atom. The normalized spacial score (nSPS) is 10.6. The standard InChI is InChI=1S/C17H13BrN2O2/c18-13-6-3-4-11(8-13)10-19-17(22)15-9-12-5-1-2-7-14(12)16(21)20-15/h1-9H,10H2,(H,19,22)(H,20,21). The predicted molar refractivity (Wildman–Crippen MR) is 89.9 cm³/mol. The molecule has 0 aliphatic heterocycles. The number of carbonyl (C=O) groups is 1. The fourth-order valence-corrected chi connectivity index (χ4v) is 2.70. The Bertz CT molecular complexity index is 902. The highest BCUT2D eigenvalue weighted by atomic mass is 79.9. The average molecular weight is 357 g/mol. The molecule has 3 rings (SSSR count). The molecular weight excluding hydrogens is 344 g/mol. The molecule has 1 amide bonds. The first kappa shape index (κ1) is 14.5. The van der Waals surface area contributed by atoms with Gasteiger partial charge in [-0.3, -0.25) is 9.59 Å². The van der Waals surface area contributed by atoms with Gasteiger partial charge in [-0.1, -0.05) is 46.3 Å². The topological polar surface area (TPSA) is 62.0 Å². The molecule has 0 saturated heterocycles. The molecule has 4 nitrogen and oxygen atoms in total. The number of aromatic nitrogens is 1. The van der Waals surface area contributed by atoms with Crippen LogP contribution < -0.4 is 10.9 Å². The van der Waals surface area contributed by atoms with Crippen LogP contribution >= 0.6 is 15.9 Å². The van der Waals surface area contributed by atoms with Crippen molar-refractivity contribution in [2.24, 2.45) is 0 Å². The third-order valence-electron chi connectivity index (χ3n) is 3.34. The van der Waals surface area contributed by atoms with Gasteiger partial charge in [0.05, 0.1) is 0 Å². The minimum atomic E-state index is -0.303. The SMILES string of the molecule is O=C(NCc1cccc(Br)c1)c1cc2ccccc2c(=O)[nH]1. The Labute approximate surface area is 135 Å². The van der Waals surface area contributed by atoms with Gasteiger partial charge in [0, 0.05) is 16.4 Å². The molecule has 110 valence electrons. The Morgan fingerprint density at radius 2 is 1.91 bits per heavy atom. The van der Waals surface area contributed by atoms with Crippen molar-refractivity contribution in [3.05, 3.63) is 80.7 Å². The van der Waals surface area contributed by atoms with Gasteiger partial charge in [-0.15, -0.1) is 0 Å². The van der Waals surface area contributed by atoms with Gasteiger partial charge in [-0.25, -0.2) is 0 Å². The quantitative estimate of drug-likeness (QED) is 0.756. The number of fused-ring (bicyclic) bond motifs is 1. The summed E-state index contributed by atoms with van der Waals surface area (Å²) in [4.78, 5) is 26.8. The van der Waals surface area contributed by atoms with Crippen molar-refractivity contribution in [1.29, 1.82) is 0 Å². The van der Waals surface area contributed by atoms with Crippen LogP contribution in [0.2, 0.25) is 0 Å². The minimum Gasteiger partial charge on any atom is -0.347 e. The van der Waals surface area contributed by atoms with Gasteiger partial charge < -0.3 is 10.3 Å². The Balaban J connectivity index is 1.82. The summed E-state index contributed by atoms with van der Waals surface area (Å²) >= 11 is 3.39. The zero-order valence-electron chi connectivity index (χ0n) is 11.6. The molecule has 3 aromatic rings. The summed E-state index contributed by atoms with van der Waals surface area (Å²) < 4.78 is 0.957. The Kier molecular flexibility index (Phi) is 4.06. The zero-order chi connectivity index (χ0) is 15.5. The third kappa shape index (κ3) is 3.09. The van der Waals surface area contributed by atoms with E-state index >= 15 is 0 Å². The van der Waals surface area contributed by atoms with Crippen LogP contribution in [0, 0.1) is 0 Å². The molecule has 2 N–H and O–H groups in total. The van der Waals surface area contributed by atoms with Crippen LogP contribution in [0.1, 0.15) is 16.1 Å². The van der Waals surface area contributed by atoms with E-state index < -0.39 is 0 Å². The maximum Gasteiger partial charge on any atom is 0.268 e. The molecule has 0 fully saturated rings. The number of pyridine rings is 1. The molecule has 0 aliphatic rings. The van der Waals surface area contributed by atoms with E-state index in [-0.39, 0.29) is 17.2 Å². The van der Waals surface area contributed by atoms with Crippen LogP contribution in [-0.4, -0.2) is 10.9 Å².